The Labute approximate surface area is 232 Å². The van der Waals surface area contributed by atoms with E-state index in [9.17, 15) is 30.0 Å². The van der Waals surface area contributed by atoms with Crippen LogP contribution in [-0.2, 0) is 32.7 Å². The Kier molecular flexibility index (Phi) is 7.20. The first-order valence-electron chi connectivity index (χ1n) is 14.0. The van der Waals surface area contributed by atoms with E-state index in [1.807, 2.05) is 47.4 Å². The molecule has 4 N–H and O–H groups in total. The van der Waals surface area contributed by atoms with Gasteiger partial charge in [-0.25, -0.2) is 9.59 Å². The highest BCUT2D eigenvalue weighted by Gasteiger charge is 2.55. The summed E-state index contributed by atoms with van der Waals surface area (Å²) in [6, 6.07) is 15.3. The Morgan fingerprint density at radius 3 is 2.58 bits per heavy atom. The molecule has 2 heterocycles. The third-order valence-electron chi connectivity index (χ3n) is 9.31. The van der Waals surface area contributed by atoms with Gasteiger partial charge in [0.2, 0.25) is 6.29 Å². The van der Waals surface area contributed by atoms with Crippen molar-refractivity contribution in [2.75, 3.05) is 6.54 Å². The largest absolute Gasteiger partial charge is 0.479 e. The number of hydrogen-bond acceptors (Lipinski definition) is 8. The number of piperidine rings is 1. The molecular formula is C30H35NO9. The average Bonchev–Trinajstić information content (AvgIpc) is 2.97. The standard InChI is InChI=1S/C30H35NO9/c32-23-24(33)26(27(35)36)40-28(25(23)34)39-19-10-9-18-14-22-20-8-4-5-11-30(20,21(18)15-19)12-13-31(22)29(37)38-16-17-6-2-1-3-7-17/h1-3,6-7,9-10,15,20,22-26,28,32-34H,4-5,8,11-14,16H2,(H,35,36)/t20?,22?,23?,24-,25?,26?,28+,30?/m0/s1. The van der Waals surface area contributed by atoms with Crippen LogP contribution in [0.1, 0.15) is 48.8 Å². The first-order valence-corrected chi connectivity index (χ1v) is 14.0. The van der Waals surface area contributed by atoms with E-state index in [4.69, 9.17) is 14.2 Å². The molecule has 0 spiro atoms. The summed E-state index contributed by atoms with van der Waals surface area (Å²) in [5, 5.41) is 40.0. The fourth-order valence-corrected chi connectivity index (χ4v) is 7.37. The molecule has 4 aliphatic rings. The third kappa shape index (κ3) is 4.62. The van der Waals surface area contributed by atoms with Crippen LogP contribution in [0.2, 0.25) is 0 Å². The number of fused-ring (bicyclic) bond motifs is 1. The molecular weight excluding hydrogens is 518 g/mol. The molecule has 214 valence electrons. The molecule has 10 heteroatoms. The molecule has 6 unspecified atom stereocenters. The third-order valence-corrected chi connectivity index (χ3v) is 9.31. The summed E-state index contributed by atoms with van der Waals surface area (Å²) in [6.07, 6.45) is -2.95. The van der Waals surface area contributed by atoms with Gasteiger partial charge in [-0.15, -0.1) is 0 Å². The molecule has 0 aromatic heterocycles. The lowest BCUT2D eigenvalue weighted by Crippen LogP contribution is -2.62. The maximum absolute atomic E-state index is 13.3. The lowest BCUT2D eigenvalue weighted by molar-refractivity contribution is -0.271. The first-order chi connectivity index (χ1) is 19.3. The van der Waals surface area contributed by atoms with E-state index in [1.54, 1.807) is 6.07 Å². The van der Waals surface area contributed by atoms with Gasteiger partial charge in [-0.3, -0.25) is 0 Å². The summed E-state index contributed by atoms with van der Waals surface area (Å²) >= 11 is 0. The number of hydrogen-bond donors (Lipinski definition) is 4. The number of ether oxygens (including phenoxy) is 3. The predicted octanol–water partition coefficient (Wildman–Crippen LogP) is 2.35. The van der Waals surface area contributed by atoms with Gasteiger partial charge in [0.1, 0.15) is 30.7 Å². The molecule has 2 aliphatic carbocycles. The maximum atomic E-state index is 13.3. The Bertz CT molecular complexity index is 1250. The number of aliphatic carboxylic acids is 1. The average molecular weight is 554 g/mol. The van der Waals surface area contributed by atoms with E-state index in [-0.39, 0.29) is 30.1 Å². The van der Waals surface area contributed by atoms with E-state index in [0.717, 1.165) is 48.8 Å². The van der Waals surface area contributed by atoms with Crippen LogP contribution in [0.25, 0.3) is 0 Å². The van der Waals surface area contributed by atoms with Crippen molar-refractivity contribution in [3.63, 3.8) is 0 Å². The number of aliphatic hydroxyl groups is 3. The number of carbonyl (C=O) groups is 2. The first kappa shape index (κ1) is 27.0. The van der Waals surface area contributed by atoms with Gasteiger partial charge in [-0.2, -0.15) is 0 Å². The van der Waals surface area contributed by atoms with Crippen molar-refractivity contribution in [3.8, 4) is 5.75 Å². The van der Waals surface area contributed by atoms with Crippen molar-refractivity contribution in [1.82, 2.24) is 4.90 Å². The molecule has 1 saturated carbocycles. The van der Waals surface area contributed by atoms with Crippen molar-refractivity contribution in [2.45, 2.75) is 87.3 Å². The summed E-state index contributed by atoms with van der Waals surface area (Å²) in [6.45, 7) is 0.827. The second kappa shape index (κ2) is 10.7. The lowest BCUT2D eigenvalue weighted by Gasteiger charge is -2.58. The summed E-state index contributed by atoms with van der Waals surface area (Å²) in [7, 11) is 0. The minimum atomic E-state index is -1.78. The topological polar surface area (TPSA) is 146 Å². The summed E-state index contributed by atoms with van der Waals surface area (Å²) in [4.78, 5) is 26.7. The number of rotatable bonds is 5. The smallest absolute Gasteiger partial charge is 0.410 e. The lowest BCUT2D eigenvalue weighted by atomic mass is 9.52. The molecule has 2 bridgehead atoms. The van der Waals surface area contributed by atoms with Crippen LogP contribution in [0.4, 0.5) is 4.79 Å². The van der Waals surface area contributed by atoms with Crippen molar-refractivity contribution in [3.05, 3.63) is 65.2 Å². The van der Waals surface area contributed by atoms with E-state index < -0.39 is 36.7 Å². The zero-order valence-corrected chi connectivity index (χ0v) is 22.1. The second-order valence-corrected chi connectivity index (χ2v) is 11.4. The number of aliphatic hydroxyl groups excluding tert-OH is 3. The maximum Gasteiger partial charge on any atom is 0.410 e. The molecule has 10 nitrogen and oxygen atoms in total. The molecule has 8 atom stereocenters. The highest BCUT2D eigenvalue weighted by Crippen LogP contribution is 2.56. The Morgan fingerprint density at radius 1 is 1.00 bits per heavy atom. The van der Waals surface area contributed by atoms with Gasteiger partial charge in [0.05, 0.1) is 0 Å². The molecule has 1 amide bonds. The molecule has 2 aliphatic heterocycles. The van der Waals surface area contributed by atoms with E-state index in [2.05, 4.69) is 0 Å². The van der Waals surface area contributed by atoms with Crippen LogP contribution < -0.4 is 4.74 Å². The van der Waals surface area contributed by atoms with Crippen LogP contribution in [0.3, 0.4) is 0 Å². The van der Waals surface area contributed by atoms with Gasteiger partial charge in [0.25, 0.3) is 0 Å². The summed E-state index contributed by atoms with van der Waals surface area (Å²) < 4.78 is 17.0. The Hall–Kier alpha value is -3.18. The minimum Gasteiger partial charge on any atom is -0.479 e. The van der Waals surface area contributed by atoms with E-state index >= 15 is 0 Å². The fourth-order valence-electron chi connectivity index (χ4n) is 7.37. The minimum absolute atomic E-state index is 0.0352. The van der Waals surface area contributed by atoms with Gasteiger partial charge in [0, 0.05) is 18.0 Å². The van der Waals surface area contributed by atoms with Gasteiger partial charge >= 0.3 is 12.1 Å². The number of carboxylic acids is 1. The quantitative estimate of drug-likeness (QED) is 0.438. The molecule has 2 aromatic rings. The summed E-state index contributed by atoms with van der Waals surface area (Å²) in [5.74, 6) is -0.800. The number of carbonyl (C=O) groups excluding carboxylic acids is 1. The monoisotopic (exact) mass is 553 g/mol. The van der Waals surface area contributed by atoms with Crippen LogP contribution in [0.5, 0.6) is 5.75 Å². The van der Waals surface area contributed by atoms with Crippen molar-refractivity contribution >= 4 is 12.1 Å². The number of carboxylic acid groups (broad SMARTS) is 1. The number of amides is 1. The number of nitrogens with zero attached hydrogens (tertiary/aromatic N) is 1. The van der Waals surface area contributed by atoms with Crippen molar-refractivity contribution in [1.29, 1.82) is 0 Å². The van der Waals surface area contributed by atoms with Gasteiger partial charge in [-0.1, -0.05) is 49.2 Å². The van der Waals surface area contributed by atoms with Gasteiger partial charge in [0.15, 0.2) is 6.10 Å². The van der Waals surface area contributed by atoms with Crippen molar-refractivity contribution in [2.24, 2.45) is 5.92 Å². The molecule has 6 rings (SSSR count). The van der Waals surface area contributed by atoms with Crippen LogP contribution in [0, 0.1) is 5.92 Å². The molecule has 3 fully saturated rings. The number of likely N-dealkylation sites (tertiary alicyclic amines) is 1. The van der Waals surface area contributed by atoms with Crippen LogP contribution in [0.15, 0.2) is 48.5 Å². The van der Waals surface area contributed by atoms with Crippen LogP contribution >= 0.6 is 0 Å². The van der Waals surface area contributed by atoms with E-state index in [1.165, 1.54) is 0 Å². The summed E-state index contributed by atoms with van der Waals surface area (Å²) in [5.41, 5.74) is 3.10. The molecule has 40 heavy (non-hydrogen) atoms. The van der Waals surface area contributed by atoms with Gasteiger partial charge < -0.3 is 39.5 Å². The highest BCUT2D eigenvalue weighted by atomic mass is 16.7. The Balaban J connectivity index is 1.24. The normalized spacial score (nSPS) is 34.8. The van der Waals surface area contributed by atoms with Gasteiger partial charge in [-0.05, 0) is 60.4 Å². The molecule has 2 aromatic carbocycles. The SMILES string of the molecule is O=C(O)C1O[C@@H](Oc2ccc3c(c2)C24CCCCC2C(C3)N(C(=O)OCc2ccccc2)CC4)C(O)C(O)[C@@H]1O. The van der Waals surface area contributed by atoms with E-state index in [0.29, 0.717) is 18.7 Å². The molecule has 0 radical (unpaired) electrons. The zero-order chi connectivity index (χ0) is 28.0. The fraction of sp³-hybridized carbons (Fsp3) is 0.533. The predicted molar refractivity (Wildman–Crippen MR) is 140 cm³/mol. The second-order valence-electron chi connectivity index (χ2n) is 11.4. The molecule has 2 saturated heterocycles. The highest BCUT2D eigenvalue weighted by molar-refractivity contribution is 5.73. The zero-order valence-electron chi connectivity index (χ0n) is 22.1. The number of benzene rings is 2. The van der Waals surface area contributed by atoms with Crippen molar-refractivity contribution < 1.29 is 44.2 Å². The van der Waals surface area contributed by atoms with Crippen LogP contribution in [-0.4, -0.2) is 80.7 Å². The Morgan fingerprint density at radius 2 is 1.80 bits per heavy atom.